The highest BCUT2D eigenvalue weighted by molar-refractivity contribution is 5.96. The molecule has 0 aromatic heterocycles. The molecule has 1 heterocycles. The number of aliphatic hydroxyl groups excluding tert-OH is 1. The second kappa shape index (κ2) is 7.09. The molecule has 1 saturated heterocycles. The van der Waals surface area contributed by atoms with E-state index >= 15 is 0 Å². The minimum atomic E-state index is -0.217. The van der Waals surface area contributed by atoms with Gasteiger partial charge < -0.3 is 15.2 Å². The summed E-state index contributed by atoms with van der Waals surface area (Å²) in [6.45, 7) is 3.03. The predicted octanol–water partition coefficient (Wildman–Crippen LogP) is 1.25. The molecule has 0 radical (unpaired) electrons. The van der Waals surface area contributed by atoms with Crippen LogP contribution in [0.3, 0.4) is 0 Å². The van der Waals surface area contributed by atoms with Crippen LogP contribution in [0.2, 0.25) is 0 Å². The first-order chi connectivity index (χ1) is 9.70. The van der Waals surface area contributed by atoms with Crippen molar-refractivity contribution in [2.45, 2.75) is 25.9 Å². The molecule has 1 amide bonds. The highest BCUT2D eigenvalue weighted by Gasteiger charge is 2.17. The Morgan fingerprint density at radius 2 is 2.40 bits per heavy atom. The van der Waals surface area contributed by atoms with Crippen LogP contribution in [-0.2, 0) is 4.74 Å². The Labute approximate surface area is 119 Å². The molecule has 1 aromatic rings. The molecule has 0 aliphatic carbocycles. The summed E-state index contributed by atoms with van der Waals surface area (Å²) < 4.78 is 5.48. The first-order valence-corrected chi connectivity index (χ1v) is 6.81. The lowest BCUT2D eigenvalue weighted by molar-refractivity contribution is 0.0857. The van der Waals surface area contributed by atoms with Gasteiger partial charge in [-0.15, -0.1) is 0 Å². The fourth-order valence-corrected chi connectivity index (χ4v) is 2.20. The van der Waals surface area contributed by atoms with Crippen molar-refractivity contribution < 1.29 is 14.6 Å². The van der Waals surface area contributed by atoms with E-state index in [9.17, 15) is 4.79 Å². The Bertz CT molecular complexity index is 536. The minimum Gasteiger partial charge on any atom is -0.384 e. The number of carbonyl (C=O) groups is 1. The summed E-state index contributed by atoms with van der Waals surface area (Å²) in [5.74, 6) is 5.26. The van der Waals surface area contributed by atoms with Crippen molar-refractivity contribution in [1.29, 1.82) is 0 Å². The van der Waals surface area contributed by atoms with Crippen LogP contribution < -0.4 is 5.32 Å². The van der Waals surface area contributed by atoms with Crippen molar-refractivity contribution in [3.63, 3.8) is 0 Å². The topological polar surface area (TPSA) is 58.6 Å². The maximum Gasteiger partial charge on any atom is 0.252 e. The van der Waals surface area contributed by atoms with Crippen LogP contribution in [0.5, 0.6) is 0 Å². The number of ether oxygens (including phenoxy) is 1. The SMILES string of the molecule is Cc1ccc(C(=O)NCC2CCCO2)c(C#CCO)c1. The molecule has 1 aromatic carbocycles. The first-order valence-electron chi connectivity index (χ1n) is 6.81. The van der Waals surface area contributed by atoms with Gasteiger partial charge in [0.25, 0.3) is 5.91 Å². The van der Waals surface area contributed by atoms with Crippen LogP contribution in [0, 0.1) is 18.8 Å². The number of aliphatic hydroxyl groups is 1. The molecule has 2 N–H and O–H groups in total. The molecule has 1 aliphatic rings. The number of nitrogens with one attached hydrogen (secondary N) is 1. The van der Waals surface area contributed by atoms with Crippen molar-refractivity contribution in [3.05, 3.63) is 34.9 Å². The Morgan fingerprint density at radius 1 is 1.55 bits per heavy atom. The molecular weight excluding hydrogens is 254 g/mol. The molecule has 1 aliphatic heterocycles. The molecule has 0 saturated carbocycles. The van der Waals surface area contributed by atoms with Crippen molar-refractivity contribution in [2.75, 3.05) is 19.8 Å². The van der Waals surface area contributed by atoms with Gasteiger partial charge in [-0.1, -0.05) is 17.9 Å². The van der Waals surface area contributed by atoms with E-state index in [0.717, 1.165) is 25.0 Å². The van der Waals surface area contributed by atoms with Crippen molar-refractivity contribution in [3.8, 4) is 11.8 Å². The zero-order chi connectivity index (χ0) is 14.4. The zero-order valence-corrected chi connectivity index (χ0v) is 11.6. The van der Waals surface area contributed by atoms with E-state index in [1.165, 1.54) is 0 Å². The fourth-order valence-electron chi connectivity index (χ4n) is 2.20. The third kappa shape index (κ3) is 3.83. The Kier molecular flexibility index (Phi) is 5.16. The standard InChI is InChI=1S/C16H19NO3/c1-12-6-7-15(13(10-12)4-2-8-18)16(19)17-11-14-5-3-9-20-14/h6-7,10,14,18H,3,5,8-9,11H2,1H3,(H,17,19). The smallest absolute Gasteiger partial charge is 0.252 e. The van der Waals surface area contributed by atoms with Crippen molar-refractivity contribution in [2.24, 2.45) is 0 Å². The number of hydrogen-bond acceptors (Lipinski definition) is 3. The lowest BCUT2D eigenvalue weighted by Gasteiger charge is -2.12. The third-order valence-electron chi connectivity index (χ3n) is 3.24. The lowest BCUT2D eigenvalue weighted by Crippen LogP contribution is -2.32. The molecule has 4 nitrogen and oxygen atoms in total. The summed E-state index contributed by atoms with van der Waals surface area (Å²) >= 11 is 0. The second-order valence-electron chi connectivity index (χ2n) is 4.85. The Balaban J connectivity index is 2.07. The van der Waals surface area contributed by atoms with E-state index in [-0.39, 0.29) is 18.6 Å². The van der Waals surface area contributed by atoms with Gasteiger partial charge in [-0.3, -0.25) is 4.79 Å². The van der Waals surface area contributed by atoms with Crippen molar-refractivity contribution >= 4 is 5.91 Å². The average molecular weight is 273 g/mol. The van der Waals surface area contributed by atoms with Crippen LogP contribution in [0.1, 0.15) is 34.3 Å². The van der Waals surface area contributed by atoms with E-state index in [4.69, 9.17) is 9.84 Å². The van der Waals surface area contributed by atoms with Gasteiger partial charge in [0.15, 0.2) is 0 Å². The summed E-state index contributed by atoms with van der Waals surface area (Å²) in [5, 5.41) is 11.7. The molecule has 1 unspecified atom stereocenters. The molecule has 2 rings (SSSR count). The molecule has 0 bridgehead atoms. The number of carbonyl (C=O) groups excluding carboxylic acids is 1. The van der Waals surface area contributed by atoms with Gasteiger partial charge in [0.1, 0.15) is 6.61 Å². The highest BCUT2D eigenvalue weighted by Crippen LogP contribution is 2.13. The molecule has 1 fully saturated rings. The Morgan fingerprint density at radius 3 is 3.10 bits per heavy atom. The van der Waals surface area contributed by atoms with Crippen LogP contribution >= 0.6 is 0 Å². The van der Waals surface area contributed by atoms with Gasteiger partial charge in [0.05, 0.1) is 11.7 Å². The van der Waals surface area contributed by atoms with E-state index in [2.05, 4.69) is 17.2 Å². The van der Waals surface area contributed by atoms with Gasteiger partial charge >= 0.3 is 0 Å². The van der Waals surface area contributed by atoms with Gasteiger partial charge in [-0.2, -0.15) is 0 Å². The lowest BCUT2D eigenvalue weighted by atomic mass is 10.0. The molecule has 106 valence electrons. The van der Waals surface area contributed by atoms with Gasteiger partial charge in [-0.05, 0) is 37.5 Å². The number of rotatable bonds is 3. The fraction of sp³-hybridized carbons (Fsp3) is 0.438. The largest absolute Gasteiger partial charge is 0.384 e. The summed E-state index contributed by atoms with van der Waals surface area (Å²) in [6, 6.07) is 5.50. The maximum absolute atomic E-state index is 12.2. The van der Waals surface area contributed by atoms with Crippen molar-refractivity contribution in [1.82, 2.24) is 5.32 Å². The monoisotopic (exact) mass is 273 g/mol. The van der Waals surface area contributed by atoms with Crippen LogP contribution in [-0.4, -0.2) is 36.9 Å². The number of hydrogen-bond donors (Lipinski definition) is 2. The second-order valence-corrected chi connectivity index (χ2v) is 4.85. The zero-order valence-electron chi connectivity index (χ0n) is 11.6. The quantitative estimate of drug-likeness (QED) is 0.815. The minimum absolute atomic E-state index is 0.122. The highest BCUT2D eigenvalue weighted by atomic mass is 16.5. The van der Waals surface area contributed by atoms with Crippen LogP contribution in [0.15, 0.2) is 18.2 Å². The number of amides is 1. The van der Waals surface area contributed by atoms with Gasteiger partial charge in [0, 0.05) is 18.7 Å². The summed E-state index contributed by atoms with van der Waals surface area (Å²) in [6.07, 6.45) is 2.17. The maximum atomic E-state index is 12.2. The van der Waals surface area contributed by atoms with E-state index < -0.39 is 0 Å². The average Bonchev–Trinajstić information content (AvgIpc) is 2.96. The van der Waals surface area contributed by atoms with Gasteiger partial charge in [0.2, 0.25) is 0 Å². The Hall–Kier alpha value is -1.83. The van der Waals surface area contributed by atoms with Gasteiger partial charge in [-0.25, -0.2) is 0 Å². The normalized spacial score (nSPS) is 17.4. The number of aryl methyl sites for hydroxylation is 1. The predicted molar refractivity (Wildman–Crippen MR) is 76.5 cm³/mol. The van der Waals surface area contributed by atoms with E-state index in [1.807, 2.05) is 19.1 Å². The molecular formula is C16H19NO3. The molecule has 20 heavy (non-hydrogen) atoms. The van der Waals surface area contributed by atoms with E-state index in [0.29, 0.717) is 17.7 Å². The molecule has 1 atom stereocenters. The van der Waals surface area contributed by atoms with E-state index in [1.54, 1.807) is 6.07 Å². The summed E-state index contributed by atoms with van der Waals surface area (Å²) in [4.78, 5) is 12.2. The molecule has 0 spiro atoms. The molecule has 4 heteroatoms. The first kappa shape index (κ1) is 14.6. The number of benzene rings is 1. The third-order valence-corrected chi connectivity index (χ3v) is 3.24. The summed E-state index contributed by atoms with van der Waals surface area (Å²) in [7, 11) is 0. The summed E-state index contributed by atoms with van der Waals surface area (Å²) in [5.41, 5.74) is 2.21. The van der Waals surface area contributed by atoms with Crippen LogP contribution in [0.25, 0.3) is 0 Å². The van der Waals surface area contributed by atoms with Crippen LogP contribution in [0.4, 0.5) is 0 Å².